The minimum Gasteiger partial charge on any atom is -0.508 e. The Hall–Kier alpha value is -3.41. The Morgan fingerprint density at radius 2 is 1.73 bits per heavy atom. The minimum atomic E-state index is -2.64. The van der Waals surface area contributed by atoms with Crippen molar-refractivity contribution in [2.45, 2.75) is 63.9 Å². The second-order valence-electron chi connectivity index (χ2n) is 12.0. The van der Waals surface area contributed by atoms with E-state index in [-0.39, 0.29) is 35.8 Å². The predicted molar refractivity (Wildman–Crippen MR) is 148 cm³/mol. The molecule has 1 aromatic rings. The van der Waals surface area contributed by atoms with Crippen LogP contribution >= 0.6 is 0 Å². The van der Waals surface area contributed by atoms with Crippen LogP contribution in [0.5, 0.6) is 5.75 Å². The van der Waals surface area contributed by atoms with Gasteiger partial charge < -0.3 is 31.1 Å². The van der Waals surface area contributed by atoms with E-state index in [0.717, 1.165) is 17.7 Å². The highest BCUT2D eigenvalue weighted by molar-refractivity contribution is 6.24. The highest BCUT2D eigenvalue weighted by Gasteiger charge is 2.64. The lowest BCUT2D eigenvalue weighted by molar-refractivity contribution is -0.153. The van der Waals surface area contributed by atoms with Gasteiger partial charge in [-0.05, 0) is 57.3 Å². The molecule has 5 atom stereocenters. The number of fused-ring (bicyclic) bond motifs is 4. The number of primary amides is 1. The van der Waals surface area contributed by atoms with Gasteiger partial charge in [0.25, 0.3) is 5.91 Å². The Morgan fingerprint density at radius 3 is 2.27 bits per heavy atom. The lowest BCUT2D eigenvalue weighted by Gasteiger charge is -2.50. The van der Waals surface area contributed by atoms with Gasteiger partial charge >= 0.3 is 0 Å². The summed E-state index contributed by atoms with van der Waals surface area (Å²) in [5.74, 6) is -6.36. The lowest BCUT2D eigenvalue weighted by atomic mass is 9.57. The molecule has 6 N–H and O–H groups in total. The number of carbonyl (C=O) groups excluding carboxylic acids is 3. The van der Waals surface area contributed by atoms with Crippen molar-refractivity contribution >= 4 is 28.9 Å². The summed E-state index contributed by atoms with van der Waals surface area (Å²) >= 11 is 0. The molecule has 216 valence electrons. The molecule has 3 aliphatic carbocycles. The van der Waals surface area contributed by atoms with Crippen molar-refractivity contribution in [3.63, 3.8) is 0 Å². The van der Waals surface area contributed by atoms with E-state index in [2.05, 4.69) is 18.7 Å². The Kier molecular flexibility index (Phi) is 6.56. The monoisotopic (exact) mass is 554 g/mol. The molecule has 11 nitrogen and oxygen atoms in total. The van der Waals surface area contributed by atoms with Crippen LogP contribution in [-0.2, 0) is 33.9 Å². The minimum absolute atomic E-state index is 0.0650. The highest BCUT2D eigenvalue weighted by atomic mass is 16.3. The summed E-state index contributed by atoms with van der Waals surface area (Å²) in [5, 5.41) is 46.0. The number of rotatable bonds is 5. The molecule has 11 heteroatoms. The maximum atomic E-state index is 14.1. The zero-order valence-electron chi connectivity index (χ0n) is 23.8. The van der Waals surface area contributed by atoms with E-state index in [9.17, 15) is 34.8 Å². The number of nitrogens with two attached hydrogens (primary N) is 1. The first-order chi connectivity index (χ1) is 18.7. The average molecular weight is 555 g/mol. The number of likely N-dealkylation sites (N-methyl/N-ethyl adjacent to an activating group) is 1. The fourth-order valence-electron chi connectivity index (χ4n) is 7.38. The molecule has 5 rings (SSSR count). The van der Waals surface area contributed by atoms with Crippen LogP contribution in [0.3, 0.4) is 0 Å². The van der Waals surface area contributed by atoms with Crippen LogP contribution in [0.15, 0.2) is 16.9 Å². The van der Waals surface area contributed by atoms with E-state index < -0.39 is 58.0 Å². The Bertz CT molecular complexity index is 1410. The van der Waals surface area contributed by atoms with E-state index >= 15 is 0 Å². The molecule has 1 saturated carbocycles. The maximum Gasteiger partial charge on any atom is 0.255 e. The molecule has 0 unspecified atom stereocenters. The Labute approximate surface area is 233 Å². The molecule has 40 heavy (non-hydrogen) atoms. The third-order valence-corrected chi connectivity index (χ3v) is 9.46. The number of phenolic OH excluding ortho intramolecular Hbond substituents is 1. The number of hydrogen-bond acceptors (Lipinski definition) is 10. The fourth-order valence-corrected chi connectivity index (χ4v) is 7.38. The summed E-state index contributed by atoms with van der Waals surface area (Å²) in [6, 6.07) is -0.842. The lowest BCUT2D eigenvalue weighted by Crippen LogP contribution is -2.65. The van der Waals surface area contributed by atoms with E-state index in [0.29, 0.717) is 24.2 Å². The molecule has 0 bridgehead atoms. The first-order valence-electron chi connectivity index (χ1n) is 13.6. The van der Waals surface area contributed by atoms with Crippen LogP contribution in [0, 0.1) is 11.8 Å². The number of anilines is 1. The molecule has 1 heterocycles. The summed E-state index contributed by atoms with van der Waals surface area (Å²) in [7, 11) is 6.97. The molecule has 0 aromatic heterocycles. The van der Waals surface area contributed by atoms with Crippen LogP contribution in [0.25, 0.3) is 5.76 Å². The normalized spacial score (nSPS) is 28.9. The van der Waals surface area contributed by atoms with E-state index in [1.165, 1.54) is 4.90 Å². The van der Waals surface area contributed by atoms with Crippen LogP contribution in [0.2, 0.25) is 0 Å². The SMILES string of the molecule is CC[C@@H](C)N1Cc2c(O)c3c(c(N(C)C)c2C1)C[C@H]1C[C@H]2[C@H](N(C)C)C(=O)C(C(N)=O)=C(O)[C@@]2(O)C(=O)C1=C3O. The largest absolute Gasteiger partial charge is 0.508 e. The van der Waals surface area contributed by atoms with Crippen LogP contribution in [0.4, 0.5) is 5.69 Å². The van der Waals surface area contributed by atoms with Crippen molar-refractivity contribution in [2.24, 2.45) is 17.6 Å². The van der Waals surface area contributed by atoms with Gasteiger partial charge in [-0.25, -0.2) is 0 Å². The maximum absolute atomic E-state index is 14.1. The average Bonchev–Trinajstić information content (AvgIpc) is 3.30. The molecule has 0 spiro atoms. The standard InChI is InChI=1S/C29H38N4O7/c1-7-12(2)33-10-15-16(11-33)23(34)19-14(21(15)31(3)4)8-13-9-17-22(32(5)6)25(36)20(28(30)39)27(38)29(17,40)26(37)18(13)24(19)35/h12-13,17,22,34-35,38,40H,7-11H2,1-6H3,(H2,30,39)/t12-,13+,17+,22+,29+/m1/s1. The molecule has 1 aliphatic heterocycles. The molecule has 0 saturated heterocycles. The molecule has 1 amide bonds. The van der Waals surface area contributed by atoms with Gasteiger partial charge in [-0.2, -0.15) is 0 Å². The van der Waals surface area contributed by atoms with Crippen molar-refractivity contribution in [1.29, 1.82) is 0 Å². The van der Waals surface area contributed by atoms with Crippen LogP contribution < -0.4 is 10.6 Å². The number of Topliss-reactive ketones (excluding diaryl/α,β-unsaturated/α-hetero) is 2. The molecule has 0 radical (unpaired) electrons. The molecular formula is C29H38N4O7. The number of nitrogens with zero attached hydrogens (tertiary/aromatic N) is 3. The van der Waals surface area contributed by atoms with Gasteiger partial charge in [0.15, 0.2) is 11.4 Å². The highest BCUT2D eigenvalue weighted by Crippen LogP contribution is 2.55. The Balaban J connectivity index is 1.74. The summed E-state index contributed by atoms with van der Waals surface area (Å²) < 4.78 is 0. The first kappa shape index (κ1) is 28.1. The third-order valence-electron chi connectivity index (χ3n) is 9.46. The number of aliphatic hydroxyl groups is 3. The van der Waals surface area contributed by atoms with Crippen molar-refractivity contribution in [1.82, 2.24) is 9.80 Å². The fraction of sp³-hybridized carbons (Fsp3) is 0.552. The van der Waals surface area contributed by atoms with Crippen molar-refractivity contribution in [3.05, 3.63) is 39.2 Å². The summed E-state index contributed by atoms with van der Waals surface area (Å²) in [6.45, 7) is 5.33. The molecule has 1 fully saturated rings. The second kappa shape index (κ2) is 9.32. The van der Waals surface area contributed by atoms with Crippen LogP contribution in [-0.4, -0.2) is 93.6 Å². The molecular weight excluding hydrogens is 516 g/mol. The quantitative estimate of drug-likeness (QED) is 0.333. The second-order valence-corrected chi connectivity index (χ2v) is 12.0. The summed E-state index contributed by atoms with van der Waals surface area (Å²) in [6.07, 6.45) is 1.26. The third kappa shape index (κ3) is 3.57. The van der Waals surface area contributed by atoms with Crippen LogP contribution in [0.1, 0.15) is 48.9 Å². The van der Waals surface area contributed by atoms with Crippen molar-refractivity contribution in [3.8, 4) is 5.75 Å². The number of amides is 1. The zero-order chi connectivity index (χ0) is 29.6. The van der Waals surface area contributed by atoms with Gasteiger partial charge in [0.2, 0.25) is 5.78 Å². The number of phenols is 1. The van der Waals surface area contributed by atoms with Gasteiger partial charge in [0.1, 0.15) is 22.8 Å². The van der Waals surface area contributed by atoms with Gasteiger partial charge in [-0.1, -0.05) is 6.92 Å². The van der Waals surface area contributed by atoms with Crippen molar-refractivity contribution < 1.29 is 34.8 Å². The van der Waals surface area contributed by atoms with Gasteiger partial charge in [-0.3, -0.25) is 24.2 Å². The number of aliphatic hydroxyl groups excluding tert-OH is 2. The zero-order valence-corrected chi connectivity index (χ0v) is 23.8. The van der Waals surface area contributed by atoms with E-state index in [1.54, 1.807) is 14.1 Å². The predicted octanol–water partition coefficient (Wildman–Crippen LogP) is 1.14. The smallest absolute Gasteiger partial charge is 0.255 e. The number of aromatic hydroxyl groups is 1. The first-order valence-corrected chi connectivity index (χ1v) is 13.6. The Morgan fingerprint density at radius 1 is 1.10 bits per heavy atom. The number of carbonyl (C=O) groups is 3. The number of benzene rings is 1. The van der Waals surface area contributed by atoms with Crippen molar-refractivity contribution in [2.75, 3.05) is 33.1 Å². The number of ketones is 2. The summed E-state index contributed by atoms with van der Waals surface area (Å²) in [5.41, 5.74) is 5.16. The molecule has 4 aliphatic rings. The van der Waals surface area contributed by atoms with Gasteiger partial charge in [-0.15, -0.1) is 0 Å². The van der Waals surface area contributed by atoms with Gasteiger partial charge in [0, 0.05) is 56.0 Å². The number of hydrogen-bond donors (Lipinski definition) is 5. The summed E-state index contributed by atoms with van der Waals surface area (Å²) in [4.78, 5) is 45.2. The molecule has 1 aromatic carbocycles. The van der Waals surface area contributed by atoms with E-state index in [1.807, 2.05) is 19.0 Å². The van der Waals surface area contributed by atoms with Gasteiger partial charge in [0.05, 0.1) is 11.6 Å². The topological polar surface area (TPSA) is 168 Å². The van der Waals surface area contributed by atoms with E-state index in [4.69, 9.17) is 5.73 Å².